The number of allylic oxidation sites excluding steroid dienone is 8. The molecule has 2 aromatic heterocycles. The first kappa shape index (κ1) is 24.7. The Labute approximate surface area is 246 Å². The Balaban J connectivity index is 1.20. The molecule has 2 heterocycles. The summed E-state index contributed by atoms with van der Waals surface area (Å²) >= 11 is 0. The molecule has 0 amide bonds. The smallest absolute Gasteiger partial charge is 0.0893 e. The van der Waals surface area contributed by atoms with E-state index in [0.29, 0.717) is 11.8 Å². The highest BCUT2D eigenvalue weighted by Gasteiger charge is 2.30. The molecule has 0 radical (unpaired) electrons. The maximum absolute atomic E-state index is 4.98. The average molecular weight is 539 g/mol. The molecule has 0 spiro atoms. The van der Waals surface area contributed by atoms with Gasteiger partial charge in [0, 0.05) is 17.5 Å². The van der Waals surface area contributed by atoms with Gasteiger partial charge in [0.15, 0.2) is 0 Å². The fourth-order valence-corrected chi connectivity index (χ4v) is 6.87. The van der Waals surface area contributed by atoms with Crippen LogP contribution in [0.4, 0.5) is 0 Å². The lowest BCUT2D eigenvalue weighted by atomic mass is 9.70. The molecular formula is C40H30N2. The lowest BCUT2D eigenvalue weighted by Crippen LogP contribution is -2.20. The van der Waals surface area contributed by atoms with E-state index in [-0.39, 0.29) is 0 Å². The van der Waals surface area contributed by atoms with Crippen LogP contribution in [-0.2, 0) is 0 Å². The fourth-order valence-electron chi connectivity index (χ4n) is 6.87. The monoisotopic (exact) mass is 538 g/mol. The van der Waals surface area contributed by atoms with Crippen molar-refractivity contribution in [1.82, 2.24) is 9.97 Å². The van der Waals surface area contributed by atoms with Crippen molar-refractivity contribution in [3.63, 3.8) is 0 Å². The number of benzene rings is 4. The Kier molecular flexibility index (Phi) is 5.93. The van der Waals surface area contributed by atoms with Crippen LogP contribution in [0.1, 0.15) is 24.5 Å². The predicted octanol–water partition coefficient (Wildman–Crippen LogP) is 10.2. The van der Waals surface area contributed by atoms with Gasteiger partial charge in [-0.15, -0.1) is 0 Å². The van der Waals surface area contributed by atoms with E-state index >= 15 is 0 Å². The lowest BCUT2D eigenvalue weighted by Gasteiger charge is -2.33. The molecule has 2 aliphatic rings. The van der Waals surface area contributed by atoms with Gasteiger partial charge in [-0.3, -0.25) is 4.98 Å². The van der Waals surface area contributed by atoms with Crippen molar-refractivity contribution in [2.24, 2.45) is 11.8 Å². The van der Waals surface area contributed by atoms with Gasteiger partial charge in [0.05, 0.1) is 16.9 Å². The summed E-state index contributed by atoms with van der Waals surface area (Å²) in [5.41, 5.74) is 9.41. The second-order valence-electron chi connectivity index (χ2n) is 11.3. The Morgan fingerprint density at radius 1 is 0.690 bits per heavy atom. The zero-order chi connectivity index (χ0) is 28.0. The molecule has 0 saturated carbocycles. The molecule has 2 atom stereocenters. The fraction of sp³-hybridized carbons (Fsp3) is 0.100. The third-order valence-corrected chi connectivity index (χ3v) is 8.96. The number of rotatable bonds is 4. The first-order valence-corrected chi connectivity index (χ1v) is 14.8. The maximum Gasteiger partial charge on any atom is 0.0893 e. The van der Waals surface area contributed by atoms with E-state index in [9.17, 15) is 0 Å². The quantitative estimate of drug-likeness (QED) is 0.209. The summed E-state index contributed by atoms with van der Waals surface area (Å²) in [4.78, 5) is 9.49. The van der Waals surface area contributed by atoms with E-state index in [4.69, 9.17) is 4.98 Å². The minimum absolute atomic E-state index is 0.323. The van der Waals surface area contributed by atoms with Crippen LogP contribution in [0.5, 0.6) is 0 Å². The van der Waals surface area contributed by atoms with Crippen LogP contribution in [0.15, 0.2) is 145 Å². The first-order chi connectivity index (χ1) is 20.8. The van der Waals surface area contributed by atoms with E-state index in [1.807, 2.05) is 24.4 Å². The minimum atomic E-state index is 0.323. The summed E-state index contributed by atoms with van der Waals surface area (Å²) in [6, 6.07) is 36.8. The highest BCUT2D eigenvalue weighted by atomic mass is 14.8. The average Bonchev–Trinajstić information content (AvgIpc) is 3.07. The van der Waals surface area contributed by atoms with Gasteiger partial charge in [-0.25, -0.2) is 4.98 Å². The molecule has 0 aliphatic heterocycles. The summed E-state index contributed by atoms with van der Waals surface area (Å²) in [6.07, 6.45) is 14.7. The van der Waals surface area contributed by atoms with Crippen molar-refractivity contribution < 1.29 is 0 Å². The summed E-state index contributed by atoms with van der Waals surface area (Å²) < 4.78 is 0. The molecule has 2 nitrogen and oxygen atoms in total. The van der Waals surface area contributed by atoms with Gasteiger partial charge >= 0.3 is 0 Å². The SMILES string of the molecule is CCC1C(c2cccc3ccc4ccccc4c23)=CC=C2C=CC(c3ccc4ccc(-c5ccccn5)nc4c3)=CC21. The third-order valence-electron chi connectivity index (χ3n) is 8.96. The van der Waals surface area contributed by atoms with Crippen LogP contribution in [0.2, 0.25) is 0 Å². The molecule has 0 N–H and O–H groups in total. The summed E-state index contributed by atoms with van der Waals surface area (Å²) in [5.74, 6) is 0.715. The lowest BCUT2D eigenvalue weighted by molar-refractivity contribution is 0.534. The van der Waals surface area contributed by atoms with E-state index < -0.39 is 0 Å². The van der Waals surface area contributed by atoms with Crippen molar-refractivity contribution in [3.05, 3.63) is 156 Å². The molecule has 0 fully saturated rings. The van der Waals surface area contributed by atoms with Crippen LogP contribution in [0.25, 0.3) is 55.0 Å². The Morgan fingerprint density at radius 2 is 1.52 bits per heavy atom. The molecule has 0 saturated heterocycles. The normalized spacial score (nSPS) is 18.1. The predicted molar refractivity (Wildman–Crippen MR) is 177 cm³/mol. The van der Waals surface area contributed by atoms with Gasteiger partial charge in [-0.2, -0.15) is 0 Å². The van der Waals surface area contributed by atoms with Gasteiger partial charge in [-0.05, 0) is 86.0 Å². The second kappa shape index (κ2) is 10.1. The van der Waals surface area contributed by atoms with Gasteiger partial charge in [0.25, 0.3) is 0 Å². The highest BCUT2D eigenvalue weighted by Crippen LogP contribution is 2.46. The van der Waals surface area contributed by atoms with E-state index in [1.54, 1.807) is 0 Å². The Hall–Kier alpha value is -5.08. The molecule has 2 heteroatoms. The molecule has 6 aromatic rings. The van der Waals surface area contributed by atoms with Crippen molar-refractivity contribution >= 4 is 43.6 Å². The molecule has 200 valence electrons. The number of hydrogen-bond donors (Lipinski definition) is 0. The van der Waals surface area contributed by atoms with Crippen molar-refractivity contribution in [1.29, 1.82) is 0 Å². The molecular weight excluding hydrogens is 508 g/mol. The summed E-state index contributed by atoms with van der Waals surface area (Å²) in [5, 5.41) is 6.40. The zero-order valence-electron chi connectivity index (χ0n) is 23.5. The van der Waals surface area contributed by atoms with Crippen LogP contribution in [0.3, 0.4) is 0 Å². The topological polar surface area (TPSA) is 25.8 Å². The molecule has 4 aromatic carbocycles. The Morgan fingerprint density at radius 3 is 2.43 bits per heavy atom. The molecule has 2 unspecified atom stereocenters. The van der Waals surface area contributed by atoms with Crippen LogP contribution < -0.4 is 0 Å². The van der Waals surface area contributed by atoms with Crippen LogP contribution >= 0.6 is 0 Å². The molecule has 8 rings (SSSR count). The summed E-state index contributed by atoms with van der Waals surface area (Å²) in [6.45, 7) is 2.33. The van der Waals surface area contributed by atoms with E-state index in [0.717, 1.165) is 28.7 Å². The second-order valence-corrected chi connectivity index (χ2v) is 11.3. The number of aromatic nitrogens is 2. The Bertz CT molecular complexity index is 2130. The van der Waals surface area contributed by atoms with Crippen molar-refractivity contribution in [3.8, 4) is 11.4 Å². The highest BCUT2D eigenvalue weighted by molar-refractivity contribution is 6.12. The number of pyridine rings is 2. The molecule has 42 heavy (non-hydrogen) atoms. The number of hydrogen-bond acceptors (Lipinski definition) is 2. The van der Waals surface area contributed by atoms with Gasteiger partial charge < -0.3 is 0 Å². The first-order valence-electron chi connectivity index (χ1n) is 14.8. The van der Waals surface area contributed by atoms with E-state index in [2.05, 4.69) is 127 Å². The van der Waals surface area contributed by atoms with Gasteiger partial charge in [0.2, 0.25) is 0 Å². The van der Waals surface area contributed by atoms with E-state index in [1.165, 1.54) is 49.4 Å². The zero-order valence-corrected chi connectivity index (χ0v) is 23.5. The maximum atomic E-state index is 4.98. The standard InChI is InChI=1S/C40H30N2/c1-2-32-34(35-11-7-9-29-16-13-26-8-3-4-10-33(26)40(29)35)21-19-27-14-17-30(24-36(27)32)31-18-15-28-20-22-38(42-39(28)25-31)37-12-5-6-23-41-37/h3-25,32,36H,2H2,1H3. The number of fused-ring (bicyclic) bond motifs is 5. The summed E-state index contributed by atoms with van der Waals surface area (Å²) in [7, 11) is 0. The minimum Gasteiger partial charge on any atom is -0.255 e. The largest absolute Gasteiger partial charge is 0.255 e. The third kappa shape index (κ3) is 4.11. The van der Waals surface area contributed by atoms with Crippen LogP contribution in [0, 0.1) is 11.8 Å². The van der Waals surface area contributed by atoms with Gasteiger partial charge in [-0.1, -0.05) is 116 Å². The van der Waals surface area contributed by atoms with Gasteiger partial charge in [0.1, 0.15) is 0 Å². The molecule has 2 aliphatic carbocycles. The number of nitrogens with zero attached hydrogens (tertiary/aromatic N) is 2. The van der Waals surface area contributed by atoms with Crippen LogP contribution in [-0.4, -0.2) is 9.97 Å². The van der Waals surface area contributed by atoms with Crippen molar-refractivity contribution in [2.75, 3.05) is 0 Å². The van der Waals surface area contributed by atoms with Crippen molar-refractivity contribution in [2.45, 2.75) is 13.3 Å². The molecule has 0 bridgehead atoms.